The van der Waals surface area contributed by atoms with Gasteiger partial charge in [-0.3, -0.25) is 0 Å². The maximum absolute atomic E-state index is 13.4. The number of halogens is 2. The van der Waals surface area contributed by atoms with E-state index in [9.17, 15) is 8.78 Å². The monoisotopic (exact) mass is 276 g/mol. The Morgan fingerprint density at radius 1 is 1.15 bits per heavy atom. The summed E-state index contributed by atoms with van der Waals surface area (Å²) >= 11 is 0. The highest BCUT2D eigenvalue weighted by molar-refractivity contribution is 5.98. The van der Waals surface area contributed by atoms with Crippen LogP contribution >= 0.6 is 0 Å². The summed E-state index contributed by atoms with van der Waals surface area (Å²) in [6.07, 6.45) is 0. The third-order valence-corrected chi connectivity index (χ3v) is 2.88. The molecule has 0 aromatic heterocycles. The maximum atomic E-state index is 13.4. The van der Waals surface area contributed by atoms with Crippen molar-refractivity contribution in [2.75, 3.05) is 0 Å². The Morgan fingerprint density at radius 2 is 1.85 bits per heavy atom. The quantitative estimate of drug-likeness (QED) is 0.529. The van der Waals surface area contributed by atoms with Crippen LogP contribution in [0.2, 0.25) is 0 Å². The molecule has 0 atom stereocenters. The molecule has 2 rings (SSSR count). The number of benzene rings is 2. The van der Waals surface area contributed by atoms with Gasteiger partial charge in [0.2, 0.25) is 0 Å². The summed E-state index contributed by atoms with van der Waals surface area (Å²) in [5.41, 5.74) is 1.89. The van der Waals surface area contributed by atoms with E-state index in [1.165, 1.54) is 12.1 Å². The van der Waals surface area contributed by atoms with E-state index in [0.717, 1.165) is 11.6 Å². The van der Waals surface area contributed by atoms with E-state index < -0.39 is 11.6 Å². The van der Waals surface area contributed by atoms with Gasteiger partial charge >= 0.3 is 0 Å². The van der Waals surface area contributed by atoms with Crippen molar-refractivity contribution < 1.29 is 13.5 Å². The van der Waals surface area contributed by atoms with E-state index in [4.69, 9.17) is 10.6 Å². The molecule has 0 amide bonds. The Labute approximate surface area is 115 Å². The molecule has 20 heavy (non-hydrogen) atoms. The topological polar surface area (TPSA) is 47.6 Å². The molecule has 104 valence electrons. The van der Waals surface area contributed by atoms with Gasteiger partial charge in [0.25, 0.3) is 0 Å². The zero-order valence-corrected chi connectivity index (χ0v) is 10.9. The van der Waals surface area contributed by atoms with Crippen molar-refractivity contribution in [3.05, 3.63) is 65.2 Å². The molecule has 0 aliphatic heterocycles. The molecule has 3 nitrogen and oxygen atoms in total. The van der Waals surface area contributed by atoms with Crippen molar-refractivity contribution >= 4 is 5.71 Å². The van der Waals surface area contributed by atoms with Crippen LogP contribution in [0.1, 0.15) is 18.1 Å². The molecule has 0 aliphatic carbocycles. The molecule has 0 unspecified atom stereocenters. The van der Waals surface area contributed by atoms with Gasteiger partial charge < -0.3 is 10.6 Å². The number of nitrogens with two attached hydrogens (primary N) is 1. The molecular weight excluding hydrogens is 262 g/mol. The largest absolute Gasteiger partial charge is 0.489 e. The average Bonchev–Trinajstić information content (AvgIpc) is 2.46. The first-order chi connectivity index (χ1) is 9.60. The van der Waals surface area contributed by atoms with Gasteiger partial charge in [-0.1, -0.05) is 0 Å². The van der Waals surface area contributed by atoms with Crippen molar-refractivity contribution in [3.8, 4) is 5.75 Å². The zero-order valence-electron chi connectivity index (χ0n) is 10.9. The summed E-state index contributed by atoms with van der Waals surface area (Å²) in [6.45, 7) is 1.83. The van der Waals surface area contributed by atoms with E-state index in [2.05, 4.69) is 5.10 Å². The minimum Gasteiger partial charge on any atom is -0.489 e. The lowest BCUT2D eigenvalue weighted by Gasteiger charge is -2.08. The van der Waals surface area contributed by atoms with Crippen LogP contribution in [0.5, 0.6) is 5.75 Å². The number of ether oxygens (including phenoxy) is 1. The Bertz CT molecular complexity index is 624. The highest BCUT2D eigenvalue weighted by Gasteiger charge is 2.05. The third kappa shape index (κ3) is 3.32. The lowest BCUT2D eigenvalue weighted by Crippen LogP contribution is -2.01. The highest BCUT2D eigenvalue weighted by atomic mass is 19.1. The fourth-order valence-electron chi connectivity index (χ4n) is 1.67. The van der Waals surface area contributed by atoms with Crippen LogP contribution in [0, 0.1) is 11.6 Å². The number of rotatable bonds is 4. The van der Waals surface area contributed by atoms with Crippen LogP contribution in [0.4, 0.5) is 8.78 Å². The molecule has 2 aromatic rings. The predicted octanol–water partition coefficient (Wildman–Crippen LogP) is 3.23. The lowest BCUT2D eigenvalue weighted by molar-refractivity contribution is 0.299. The molecule has 0 fully saturated rings. The minimum absolute atomic E-state index is 0.0371. The summed E-state index contributed by atoms with van der Waals surface area (Å²) in [7, 11) is 0. The molecule has 0 bridgehead atoms. The summed E-state index contributed by atoms with van der Waals surface area (Å²) in [5.74, 6) is 4.55. The summed E-state index contributed by atoms with van der Waals surface area (Å²) in [6, 6.07) is 10.5. The number of hydrogen-bond acceptors (Lipinski definition) is 3. The molecule has 5 heteroatoms. The van der Waals surface area contributed by atoms with E-state index in [1.807, 2.05) is 12.1 Å². The van der Waals surface area contributed by atoms with Gasteiger partial charge in [0.05, 0.1) is 5.71 Å². The fourth-order valence-corrected chi connectivity index (χ4v) is 1.67. The fraction of sp³-hybridized carbons (Fsp3) is 0.133. The smallest absolute Gasteiger partial charge is 0.132 e. The SMILES string of the molecule is CC(=NN)c1ccc(OCc2ccc(F)cc2F)cc1. The Kier molecular flexibility index (Phi) is 4.30. The van der Waals surface area contributed by atoms with Gasteiger partial charge in [0.1, 0.15) is 24.0 Å². The Balaban J connectivity index is 2.04. The van der Waals surface area contributed by atoms with Crippen molar-refractivity contribution in [2.45, 2.75) is 13.5 Å². The van der Waals surface area contributed by atoms with Crippen LogP contribution in [0.15, 0.2) is 47.6 Å². The van der Waals surface area contributed by atoms with Crippen LogP contribution in [0.25, 0.3) is 0 Å². The zero-order chi connectivity index (χ0) is 14.5. The van der Waals surface area contributed by atoms with Crippen molar-refractivity contribution in [1.29, 1.82) is 0 Å². The van der Waals surface area contributed by atoms with Crippen molar-refractivity contribution in [2.24, 2.45) is 10.9 Å². The van der Waals surface area contributed by atoms with Crippen LogP contribution in [-0.2, 0) is 6.61 Å². The first-order valence-electron chi connectivity index (χ1n) is 6.02. The standard InChI is InChI=1S/C15H14F2N2O/c1-10(19-18)11-3-6-14(7-4-11)20-9-12-2-5-13(16)8-15(12)17/h2-8H,9,18H2,1H3. The first-order valence-corrected chi connectivity index (χ1v) is 6.02. The summed E-state index contributed by atoms with van der Waals surface area (Å²) in [5, 5.41) is 3.59. The van der Waals surface area contributed by atoms with Crippen molar-refractivity contribution in [3.63, 3.8) is 0 Å². The van der Waals surface area contributed by atoms with E-state index in [0.29, 0.717) is 17.0 Å². The molecule has 0 aliphatic rings. The normalized spacial score (nSPS) is 11.4. The second-order valence-electron chi connectivity index (χ2n) is 4.26. The van der Waals surface area contributed by atoms with E-state index in [-0.39, 0.29) is 6.61 Å². The number of nitrogens with zero attached hydrogens (tertiary/aromatic N) is 1. The van der Waals surface area contributed by atoms with Gasteiger partial charge in [-0.15, -0.1) is 0 Å². The molecule has 2 N–H and O–H groups in total. The lowest BCUT2D eigenvalue weighted by atomic mass is 10.1. The molecular formula is C15H14F2N2O. The van der Waals surface area contributed by atoms with Crippen LogP contribution < -0.4 is 10.6 Å². The van der Waals surface area contributed by atoms with Gasteiger partial charge in [-0.05, 0) is 48.9 Å². The average molecular weight is 276 g/mol. The van der Waals surface area contributed by atoms with Gasteiger partial charge in [-0.2, -0.15) is 5.10 Å². The van der Waals surface area contributed by atoms with Crippen LogP contribution in [0.3, 0.4) is 0 Å². The number of hydrazone groups is 1. The highest BCUT2D eigenvalue weighted by Crippen LogP contribution is 2.16. The maximum Gasteiger partial charge on any atom is 0.132 e. The summed E-state index contributed by atoms with van der Waals surface area (Å²) in [4.78, 5) is 0. The van der Waals surface area contributed by atoms with E-state index in [1.54, 1.807) is 19.1 Å². The molecule has 0 radical (unpaired) electrons. The van der Waals surface area contributed by atoms with Crippen LogP contribution in [-0.4, -0.2) is 5.71 Å². The molecule has 2 aromatic carbocycles. The minimum atomic E-state index is -0.618. The van der Waals surface area contributed by atoms with Gasteiger partial charge in [0, 0.05) is 11.6 Å². The number of hydrogen-bond donors (Lipinski definition) is 1. The first kappa shape index (κ1) is 14.0. The van der Waals surface area contributed by atoms with Crippen molar-refractivity contribution in [1.82, 2.24) is 0 Å². The molecule has 0 heterocycles. The molecule has 0 saturated heterocycles. The van der Waals surface area contributed by atoms with E-state index >= 15 is 0 Å². The third-order valence-electron chi connectivity index (χ3n) is 2.88. The second kappa shape index (κ2) is 6.14. The Hall–Kier alpha value is -2.43. The predicted molar refractivity (Wildman–Crippen MR) is 73.5 cm³/mol. The molecule has 0 spiro atoms. The van der Waals surface area contributed by atoms with Gasteiger partial charge in [-0.25, -0.2) is 8.78 Å². The van der Waals surface area contributed by atoms with Gasteiger partial charge in [0.15, 0.2) is 0 Å². The summed E-state index contributed by atoms with van der Waals surface area (Å²) < 4.78 is 31.6. The Morgan fingerprint density at radius 3 is 2.45 bits per heavy atom. The molecule has 0 saturated carbocycles. The second-order valence-corrected chi connectivity index (χ2v) is 4.26.